The van der Waals surface area contributed by atoms with Gasteiger partial charge in [0.25, 0.3) is 10.1 Å². The third kappa shape index (κ3) is 6.54. The average molecular weight is 647 g/mol. The van der Waals surface area contributed by atoms with Crippen molar-refractivity contribution >= 4 is 44.1 Å². The van der Waals surface area contributed by atoms with Gasteiger partial charge < -0.3 is 14.4 Å². The molecule has 1 aliphatic heterocycles. The summed E-state index contributed by atoms with van der Waals surface area (Å²) < 4.78 is 41.9. The molecule has 0 aromatic heterocycles. The summed E-state index contributed by atoms with van der Waals surface area (Å²) in [5.41, 5.74) is 8.62. The molecule has 238 valence electrons. The van der Waals surface area contributed by atoms with Crippen molar-refractivity contribution in [2.24, 2.45) is 4.99 Å². The fourth-order valence-corrected chi connectivity index (χ4v) is 6.77. The van der Waals surface area contributed by atoms with Gasteiger partial charge in [0.2, 0.25) is 0 Å². The fraction of sp³-hybridized carbons (Fsp3) is 0.158. The lowest BCUT2D eigenvalue weighted by Crippen LogP contribution is -2.21. The number of hydrogen-bond donors (Lipinski definition) is 2. The topological polar surface area (TPSA) is 120 Å². The molecule has 8 nitrogen and oxygen atoms in total. The summed E-state index contributed by atoms with van der Waals surface area (Å²) in [5.74, 6) is -0.454. The van der Waals surface area contributed by atoms with Crippen LogP contribution in [0, 0.1) is 27.7 Å². The minimum Gasteiger partial charge on any atom is -0.481 e. The number of nitrogens with zero attached hydrogens (tertiary/aromatic N) is 2. The Labute approximate surface area is 273 Å². The molecule has 9 heteroatoms. The Bertz CT molecular complexity index is 2320. The van der Waals surface area contributed by atoms with Crippen LogP contribution in [0.25, 0.3) is 33.4 Å². The monoisotopic (exact) mass is 646 g/mol. The predicted molar refractivity (Wildman–Crippen MR) is 184 cm³/mol. The Morgan fingerprint density at radius 1 is 0.809 bits per heavy atom. The zero-order valence-electron chi connectivity index (χ0n) is 26.5. The summed E-state index contributed by atoms with van der Waals surface area (Å²) in [6.07, 6.45) is -0.0868. The molecule has 1 heterocycles. The lowest BCUT2D eigenvalue weighted by Gasteiger charge is -2.27. The number of carboxylic acids is 1. The summed E-state index contributed by atoms with van der Waals surface area (Å²) in [4.78, 5) is 18.2. The van der Waals surface area contributed by atoms with Crippen molar-refractivity contribution in [3.8, 4) is 22.5 Å². The lowest BCUT2D eigenvalue weighted by molar-refractivity contribution is -0.136. The molecule has 0 bridgehead atoms. The Kier molecular flexibility index (Phi) is 8.44. The smallest absolute Gasteiger partial charge is 0.305 e. The number of benzene rings is 5. The molecule has 4 aromatic rings. The van der Waals surface area contributed by atoms with Gasteiger partial charge in [0, 0.05) is 52.1 Å². The van der Waals surface area contributed by atoms with E-state index in [1.807, 2.05) is 99.3 Å². The van der Waals surface area contributed by atoms with E-state index in [9.17, 15) is 22.9 Å². The Hall–Kier alpha value is -5.25. The molecular weight excluding hydrogens is 612 g/mol. The number of fused-ring (bicyclic) bond motifs is 2. The van der Waals surface area contributed by atoms with Crippen LogP contribution in [0.4, 0.5) is 17.1 Å². The van der Waals surface area contributed by atoms with Gasteiger partial charge in [0.15, 0.2) is 0 Å². The highest BCUT2D eigenvalue weighted by atomic mass is 32.2. The van der Waals surface area contributed by atoms with Crippen LogP contribution in [0.1, 0.15) is 28.7 Å². The first kappa shape index (κ1) is 31.7. The van der Waals surface area contributed by atoms with E-state index in [-0.39, 0.29) is 17.9 Å². The first-order chi connectivity index (χ1) is 22.4. The second-order valence-corrected chi connectivity index (χ2v) is 13.2. The summed E-state index contributed by atoms with van der Waals surface area (Å²) in [6.45, 7) is 8.24. The van der Waals surface area contributed by atoms with Gasteiger partial charge in [-0.15, -0.1) is 0 Å². The molecule has 47 heavy (non-hydrogen) atoms. The van der Waals surface area contributed by atoms with Crippen molar-refractivity contribution in [1.82, 2.24) is 0 Å². The number of carboxylic acid groups (broad SMARTS) is 1. The molecule has 0 unspecified atom stereocenters. The minimum atomic E-state index is -4.57. The van der Waals surface area contributed by atoms with Crippen molar-refractivity contribution in [1.29, 1.82) is 0 Å². The maximum Gasteiger partial charge on any atom is 0.305 e. The predicted octanol–water partition coefficient (Wildman–Crippen LogP) is 8.53. The number of aliphatic carboxylic acids is 1. The van der Waals surface area contributed by atoms with E-state index in [0.717, 1.165) is 33.6 Å². The molecule has 0 spiro atoms. The summed E-state index contributed by atoms with van der Waals surface area (Å²) in [6, 6.07) is 29.4. The van der Waals surface area contributed by atoms with Gasteiger partial charge in [-0.05, 0) is 81.3 Å². The SMILES string of the molecule is Cc1ccc(/N=c2\ccc3c(-c4ccccc4S(=O)(=O)O)c4ccc(N(CCC(=O)O)c5ccc(C)cc5C)cc4oc-3c2)c(C)c1. The van der Waals surface area contributed by atoms with Crippen molar-refractivity contribution in [2.45, 2.75) is 39.0 Å². The number of aryl methyl sites for hydroxylation is 4. The van der Waals surface area contributed by atoms with Gasteiger partial charge in [-0.1, -0.05) is 53.6 Å². The summed E-state index contributed by atoms with van der Waals surface area (Å²) >= 11 is 0. The summed E-state index contributed by atoms with van der Waals surface area (Å²) in [5, 5.41) is 10.8. The maximum absolute atomic E-state index is 12.6. The maximum atomic E-state index is 12.6. The van der Waals surface area contributed by atoms with E-state index in [1.165, 1.54) is 6.07 Å². The Morgan fingerprint density at radius 2 is 1.53 bits per heavy atom. The molecule has 4 aromatic carbocycles. The summed E-state index contributed by atoms with van der Waals surface area (Å²) in [7, 11) is -4.57. The van der Waals surface area contributed by atoms with Crippen molar-refractivity contribution < 1.29 is 27.3 Å². The molecule has 0 amide bonds. The second-order valence-electron chi connectivity index (χ2n) is 11.8. The van der Waals surface area contributed by atoms with E-state index in [1.54, 1.807) is 18.2 Å². The largest absolute Gasteiger partial charge is 0.481 e. The van der Waals surface area contributed by atoms with Crippen LogP contribution >= 0.6 is 0 Å². The first-order valence-electron chi connectivity index (χ1n) is 15.1. The second kappa shape index (κ2) is 12.5. The molecule has 2 N–H and O–H groups in total. The number of hydrogen-bond acceptors (Lipinski definition) is 6. The van der Waals surface area contributed by atoms with Gasteiger partial charge in [-0.2, -0.15) is 8.42 Å². The van der Waals surface area contributed by atoms with Crippen LogP contribution in [-0.4, -0.2) is 30.6 Å². The van der Waals surface area contributed by atoms with E-state index in [0.29, 0.717) is 44.5 Å². The third-order valence-corrected chi connectivity index (χ3v) is 9.14. The molecule has 1 aliphatic carbocycles. The number of carbonyl (C=O) groups is 1. The normalized spacial score (nSPS) is 12.1. The number of anilines is 2. The van der Waals surface area contributed by atoms with Crippen molar-refractivity contribution in [3.63, 3.8) is 0 Å². The fourth-order valence-electron chi connectivity index (χ4n) is 6.07. The molecule has 0 fully saturated rings. The van der Waals surface area contributed by atoms with Crippen LogP contribution in [0.15, 0.2) is 111 Å². The number of rotatable bonds is 8. The molecule has 2 aliphatic rings. The zero-order valence-corrected chi connectivity index (χ0v) is 27.3. The zero-order chi connectivity index (χ0) is 33.5. The molecule has 0 radical (unpaired) electrons. The van der Waals surface area contributed by atoms with Gasteiger partial charge >= 0.3 is 5.97 Å². The lowest BCUT2D eigenvalue weighted by atomic mass is 9.93. The minimum absolute atomic E-state index is 0.0868. The van der Waals surface area contributed by atoms with E-state index >= 15 is 0 Å². The van der Waals surface area contributed by atoms with Crippen LogP contribution in [0.5, 0.6) is 0 Å². The van der Waals surface area contributed by atoms with Crippen molar-refractivity contribution in [3.05, 3.63) is 125 Å². The average Bonchev–Trinajstić information content (AvgIpc) is 3.01. The highest BCUT2D eigenvalue weighted by Gasteiger charge is 2.24. The quantitative estimate of drug-likeness (QED) is 0.126. The van der Waals surface area contributed by atoms with Crippen LogP contribution in [0.3, 0.4) is 0 Å². The van der Waals surface area contributed by atoms with Gasteiger partial charge in [0.05, 0.1) is 17.5 Å². The van der Waals surface area contributed by atoms with Crippen LogP contribution < -0.4 is 10.3 Å². The Morgan fingerprint density at radius 3 is 2.23 bits per heavy atom. The first-order valence-corrected chi connectivity index (χ1v) is 16.6. The molecular formula is C38H34N2O6S. The van der Waals surface area contributed by atoms with Gasteiger partial charge in [0.1, 0.15) is 16.2 Å². The van der Waals surface area contributed by atoms with Crippen LogP contribution in [-0.2, 0) is 14.9 Å². The van der Waals surface area contributed by atoms with E-state index in [4.69, 9.17) is 9.41 Å². The highest BCUT2D eigenvalue weighted by molar-refractivity contribution is 7.86. The molecule has 0 atom stereocenters. The molecule has 6 rings (SSSR count). The standard InChI is InChI=1S/C38H34N2O6S/c1-23-9-15-32(25(3)19-23)39-27-11-13-29-34(21-27)46-35-22-28(40(18-17-37(41)42)33-16-10-24(2)20-26(33)4)12-14-30(35)38(29)31-7-5-6-8-36(31)47(43,44)45/h5-16,19-22H,17-18H2,1-4H3,(H,41,42)(H,43,44,45)/b39-27+. The van der Waals surface area contributed by atoms with E-state index in [2.05, 4.69) is 6.07 Å². The molecule has 0 saturated heterocycles. The molecule has 0 saturated carbocycles. The van der Waals surface area contributed by atoms with E-state index < -0.39 is 16.1 Å². The Balaban J connectivity index is 1.64. The van der Waals surface area contributed by atoms with Gasteiger partial charge in [-0.3, -0.25) is 9.35 Å². The van der Waals surface area contributed by atoms with Gasteiger partial charge in [-0.25, -0.2) is 4.99 Å². The third-order valence-electron chi connectivity index (χ3n) is 8.23. The van der Waals surface area contributed by atoms with Crippen LogP contribution in [0.2, 0.25) is 0 Å². The highest BCUT2D eigenvalue weighted by Crippen LogP contribution is 2.43. The van der Waals surface area contributed by atoms with Crippen molar-refractivity contribution in [2.75, 3.05) is 11.4 Å².